The molecule has 0 atom stereocenters. The summed E-state index contributed by atoms with van der Waals surface area (Å²) < 4.78 is 0. The fraction of sp³-hybridized carbons (Fsp3) is 0.0833. The van der Waals surface area contributed by atoms with Crippen LogP contribution in [0.25, 0.3) is 11.4 Å². The maximum atomic E-state index is 11.0. The van der Waals surface area contributed by atoms with Crippen LogP contribution >= 0.6 is 34.8 Å². The van der Waals surface area contributed by atoms with Crippen LogP contribution in [0.2, 0.25) is 15.1 Å². The van der Waals surface area contributed by atoms with E-state index < -0.39 is 5.91 Å². The van der Waals surface area contributed by atoms with Crippen LogP contribution < -0.4 is 5.73 Å². The highest BCUT2D eigenvalue weighted by atomic mass is 35.5. The van der Waals surface area contributed by atoms with E-state index in [-0.39, 0.29) is 15.6 Å². The van der Waals surface area contributed by atoms with Crippen molar-refractivity contribution in [3.05, 3.63) is 44.7 Å². The number of carbonyl (C=O) groups excluding carboxylic acids is 1. The van der Waals surface area contributed by atoms with E-state index in [1.807, 2.05) is 6.92 Å². The van der Waals surface area contributed by atoms with Crippen LogP contribution in [0.1, 0.15) is 15.9 Å². The largest absolute Gasteiger partial charge is 0.366 e. The van der Waals surface area contributed by atoms with E-state index in [0.29, 0.717) is 16.4 Å². The van der Waals surface area contributed by atoms with E-state index in [4.69, 9.17) is 40.5 Å². The molecule has 4 nitrogen and oxygen atoms in total. The van der Waals surface area contributed by atoms with E-state index in [1.165, 1.54) is 12.4 Å². The van der Waals surface area contributed by atoms with E-state index in [9.17, 15) is 4.79 Å². The summed E-state index contributed by atoms with van der Waals surface area (Å²) in [5, 5.41) is 0.881. The lowest BCUT2D eigenvalue weighted by Crippen LogP contribution is -2.11. The maximum absolute atomic E-state index is 11.0. The van der Waals surface area contributed by atoms with Crippen LogP contribution in [0.15, 0.2) is 18.5 Å². The van der Waals surface area contributed by atoms with Crippen molar-refractivity contribution in [1.82, 2.24) is 9.97 Å². The highest BCUT2D eigenvalue weighted by Gasteiger charge is 2.16. The Morgan fingerprint density at radius 1 is 1.16 bits per heavy atom. The zero-order chi connectivity index (χ0) is 14.2. The number of carbonyl (C=O) groups is 1. The number of aromatic nitrogens is 2. The Morgan fingerprint density at radius 3 is 2.26 bits per heavy atom. The van der Waals surface area contributed by atoms with Gasteiger partial charge in [0.25, 0.3) is 5.91 Å². The number of nitrogens with zero attached hydrogens (tertiary/aromatic N) is 2. The lowest BCUT2D eigenvalue weighted by atomic mass is 10.1. The van der Waals surface area contributed by atoms with E-state index in [2.05, 4.69) is 9.97 Å². The smallest absolute Gasteiger partial charge is 0.251 e. The molecular weight excluding hydrogens is 309 g/mol. The van der Waals surface area contributed by atoms with Gasteiger partial charge in [-0.1, -0.05) is 34.8 Å². The van der Waals surface area contributed by atoms with Gasteiger partial charge in [0.05, 0.1) is 20.6 Å². The fourth-order valence-corrected chi connectivity index (χ4v) is 2.36. The summed E-state index contributed by atoms with van der Waals surface area (Å²) in [6, 6.07) is 1.68. The maximum Gasteiger partial charge on any atom is 0.251 e. The third-order valence-corrected chi connectivity index (χ3v) is 3.78. The molecule has 2 aromatic rings. The Labute approximate surface area is 124 Å². The number of halogens is 3. The molecule has 1 heterocycles. The van der Waals surface area contributed by atoms with Crippen molar-refractivity contribution in [2.24, 2.45) is 5.73 Å². The van der Waals surface area contributed by atoms with Crippen LogP contribution in [-0.4, -0.2) is 15.9 Å². The lowest BCUT2D eigenvalue weighted by molar-refractivity contribution is 0.0999. The molecule has 0 aliphatic carbocycles. The predicted molar refractivity (Wildman–Crippen MR) is 75.8 cm³/mol. The molecule has 1 aromatic heterocycles. The molecule has 1 aromatic carbocycles. The molecule has 0 aliphatic heterocycles. The Balaban J connectivity index is 2.59. The quantitative estimate of drug-likeness (QED) is 0.862. The summed E-state index contributed by atoms with van der Waals surface area (Å²) in [7, 11) is 0. The highest BCUT2D eigenvalue weighted by molar-refractivity contribution is 6.49. The molecule has 98 valence electrons. The van der Waals surface area contributed by atoms with Gasteiger partial charge in [0, 0.05) is 18.0 Å². The first-order valence-electron chi connectivity index (χ1n) is 5.18. The topological polar surface area (TPSA) is 68.9 Å². The van der Waals surface area contributed by atoms with Gasteiger partial charge in [0.15, 0.2) is 5.82 Å². The number of amides is 1. The number of hydrogen-bond donors (Lipinski definition) is 1. The summed E-state index contributed by atoms with van der Waals surface area (Å²) >= 11 is 18.1. The second-order valence-corrected chi connectivity index (χ2v) is 5.00. The third kappa shape index (κ3) is 2.66. The van der Waals surface area contributed by atoms with Crippen molar-refractivity contribution in [3.63, 3.8) is 0 Å². The minimum absolute atomic E-state index is 0.220. The summed E-state index contributed by atoms with van der Waals surface area (Å²) in [6.45, 7) is 1.81. The van der Waals surface area contributed by atoms with E-state index in [0.717, 1.165) is 5.56 Å². The number of benzene rings is 1. The van der Waals surface area contributed by atoms with E-state index in [1.54, 1.807) is 6.07 Å². The molecule has 0 unspecified atom stereocenters. The van der Waals surface area contributed by atoms with Gasteiger partial charge in [-0.15, -0.1) is 0 Å². The molecule has 1 amide bonds. The highest BCUT2D eigenvalue weighted by Crippen LogP contribution is 2.39. The average molecular weight is 317 g/mol. The molecular formula is C12H8Cl3N3O. The molecule has 0 fully saturated rings. The summed E-state index contributed by atoms with van der Waals surface area (Å²) in [5.41, 5.74) is 6.70. The van der Waals surface area contributed by atoms with Crippen molar-refractivity contribution in [3.8, 4) is 11.4 Å². The molecule has 2 rings (SSSR count). The van der Waals surface area contributed by atoms with E-state index >= 15 is 0 Å². The first kappa shape index (κ1) is 14.1. The monoisotopic (exact) mass is 315 g/mol. The average Bonchev–Trinajstić information content (AvgIpc) is 2.37. The molecule has 0 aliphatic rings. The first-order chi connectivity index (χ1) is 8.91. The lowest BCUT2D eigenvalue weighted by Gasteiger charge is -2.10. The van der Waals surface area contributed by atoms with Gasteiger partial charge >= 0.3 is 0 Å². The second-order valence-electron chi connectivity index (χ2n) is 3.84. The van der Waals surface area contributed by atoms with Gasteiger partial charge in [-0.3, -0.25) is 4.79 Å². The Hall–Kier alpha value is -1.36. The van der Waals surface area contributed by atoms with Crippen molar-refractivity contribution >= 4 is 40.7 Å². The Kier molecular flexibility index (Phi) is 3.94. The first-order valence-corrected chi connectivity index (χ1v) is 6.31. The molecule has 0 saturated heterocycles. The summed E-state index contributed by atoms with van der Waals surface area (Å²) in [6.07, 6.45) is 2.67. The molecule has 0 radical (unpaired) electrons. The van der Waals surface area contributed by atoms with Crippen molar-refractivity contribution in [2.45, 2.75) is 6.92 Å². The SMILES string of the molecule is Cc1cc(Cl)c(Cl)c(Cl)c1-c1ncc(C(N)=O)cn1. The van der Waals surface area contributed by atoms with Gasteiger partial charge in [-0.25, -0.2) is 9.97 Å². The number of hydrogen-bond acceptors (Lipinski definition) is 3. The predicted octanol–water partition coefficient (Wildman–Crippen LogP) is 3.51. The molecule has 0 bridgehead atoms. The standard InChI is InChI=1S/C12H8Cl3N3O/c1-5-2-7(13)9(14)10(15)8(5)12-17-3-6(4-18-12)11(16)19/h2-4H,1H3,(H2,16,19). The van der Waals surface area contributed by atoms with Gasteiger partial charge in [-0.05, 0) is 18.6 Å². The van der Waals surface area contributed by atoms with Crippen LogP contribution in [0.5, 0.6) is 0 Å². The van der Waals surface area contributed by atoms with Gasteiger partial charge < -0.3 is 5.73 Å². The van der Waals surface area contributed by atoms with Crippen LogP contribution in [0.3, 0.4) is 0 Å². The zero-order valence-electron chi connectivity index (χ0n) is 9.75. The molecule has 2 N–H and O–H groups in total. The fourth-order valence-electron chi connectivity index (χ4n) is 1.57. The summed E-state index contributed by atoms with van der Waals surface area (Å²) in [5.74, 6) is -0.241. The zero-order valence-corrected chi connectivity index (χ0v) is 12.0. The van der Waals surface area contributed by atoms with Crippen molar-refractivity contribution < 1.29 is 4.79 Å². The number of aryl methyl sites for hydroxylation is 1. The third-order valence-electron chi connectivity index (χ3n) is 2.52. The molecule has 19 heavy (non-hydrogen) atoms. The van der Waals surface area contributed by atoms with Gasteiger partial charge in [0.1, 0.15) is 0 Å². The van der Waals surface area contributed by atoms with Crippen LogP contribution in [-0.2, 0) is 0 Å². The van der Waals surface area contributed by atoms with Crippen LogP contribution in [0, 0.1) is 6.92 Å². The van der Waals surface area contributed by atoms with Crippen molar-refractivity contribution in [2.75, 3.05) is 0 Å². The Morgan fingerprint density at radius 2 is 1.74 bits per heavy atom. The summed E-state index contributed by atoms with van der Waals surface area (Å²) in [4.78, 5) is 19.1. The molecule has 0 spiro atoms. The minimum Gasteiger partial charge on any atom is -0.366 e. The number of rotatable bonds is 2. The minimum atomic E-state index is -0.594. The second kappa shape index (κ2) is 5.33. The van der Waals surface area contributed by atoms with Crippen LogP contribution in [0.4, 0.5) is 0 Å². The number of nitrogens with two attached hydrogens (primary N) is 1. The molecule has 0 saturated carbocycles. The van der Waals surface area contributed by atoms with Crippen molar-refractivity contribution in [1.29, 1.82) is 0 Å². The number of primary amides is 1. The van der Waals surface area contributed by atoms with Gasteiger partial charge in [0.2, 0.25) is 0 Å². The molecule has 7 heteroatoms. The normalized spacial score (nSPS) is 10.5. The van der Waals surface area contributed by atoms with Gasteiger partial charge in [-0.2, -0.15) is 0 Å². The Bertz CT molecular complexity index is 656.